The van der Waals surface area contributed by atoms with Crippen LogP contribution in [0.3, 0.4) is 0 Å². The monoisotopic (exact) mass is 330 g/mol. The molecule has 1 aliphatic rings. The summed E-state index contributed by atoms with van der Waals surface area (Å²) in [6, 6.07) is 7.58. The van der Waals surface area contributed by atoms with Gasteiger partial charge >= 0.3 is 0 Å². The molecule has 120 valence electrons. The topological polar surface area (TPSA) is 65.1 Å². The Morgan fingerprint density at radius 3 is 3.00 bits per heavy atom. The van der Waals surface area contributed by atoms with Crippen molar-refractivity contribution in [2.24, 2.45) is 13.0 Å². The highest BCUT2D eigenvalue weighted by atomic mass is 35.5. The van der Waals surface area contributed by atoms with Crippen LogP contribution in [-0.4, -0.2) is 27.7 Å². The molecule has 3 rings (SSSR count). The van der Waals surface area contributed by atoms with Crippen molar-refractivity contribution in [1.29, 1.82) is 5.26 Å². The van der Waals surface area contributed by atoms with Gasteiger partial charge in [-0.2, -0.15) is 5.26 Å². The Kier molecular flexibility index (Phi) is 4.56. The quantitative estimate of drug-likeness (QED) is 0.939. The van der Waals surface area contributed by atoms with Crippen LogP contribution in [0.5, 0.6) is 0 Å². The molecule has 0 saturated carbocycles. The van der Waals surface area contributed by atoms with Crippen LogP contribution in [-0.2, 0) is 7.05 Å². The molecule has 2 atom stereocenters. The molecule has 0 bridgehead atoms. The number of imidazole rings is 1. The van der Waals surface area contributed by atoms with E-state index in [1.54, 1.807) is 24.4 Å². The number of piperidine rings is 1. The number of halogens is 1. The average Bonchev–Trinajstić information content (AvgIpc) is 3.00. The molecule has 1 N–H and O–H groups in total. The molecule has 0 spiro atoms. The molecule has 1 aromatic carbocycles. The Morgan fingerprint density at radius 1 is 1.48 bits per heavy atom. The van der Waals surface area contributed by atoms with E-state index in [-0.39, 0.29) is 5.92 Å². The van der Waals surface area contributed by atoms with Gasteiger partial charge in [0.25, 0.3) is 0 Å². The van der Waals surface area contributed by atoms with Gasteiger partial charge in [0, 0.05) is 38.4 Å². The van der Waals surface area contributed by atoms with Crippen LogP contribution in [0.1, 0.15) is 30.3 Å². The summed E-state index contributed by atoms with van der Waals surface area (Å²) in [4.78, 5) is 6.37. The second kappa shape index (κ2) is 6.61. The van der Waals surface area contributed by atoms with Gasteiger partial charge < -0.3 is 14.6 Å². The number of hydrogen-bond donors (Lipinski definition) is 1. The molecule has 0 aliphatic carbocycles. The maximum atomic E-state index is 10.7. The van der Waals surface area contributed by atoms with E-state index in [2.05, 4.69) is 16.0 Å². The number of benzene rings is 1. The van der Waals surface area contributed by atoms with Gasteiger partial charge in [-0.05, 0) is 25.0 Å². The van der Waals surface area contributed by atoms with Crippen molar-refractivity contribution in [3.05, 3.63) is 47.0 Å². The van der Waals surface area contributed by atoms with Crippen molar-refractivity contribution in [3.63, 3.8) is 0 Å². The molecule has 23 heavy (non-hydrogen) atoms. The van der Waals surface area contributed by atoms with Crippen LogP contribution in [0.15, 0.2) is 30.6 Å². The van der Waals surface area contributed by atoms with E-state index >= 15 is 0 Å². The van der Waals surface area contributed by atoms with E-state index in [9.17, 15) is 10.4 Å². The highest BCUT2D eigenvalue weighted by molar-refractivity contribution is 6.33. The number of hydrogen-bond acceptors (Lipinski definition) is 4. The number of nitriles is 1. The second-order valence-corrected chi connectivity index (χ2v) is 6.34. The highest BCUT2D eigenvalue weighted by Gasteiger charge is 2.30. The Balaban J connectivity index is 1.85. The minimum Gasteiger partial charge on any atom is -0.385 e. The van der Waals surface area contributed by atoms with E-state index in [0.29, 0.717) is 23.0 Å². The predicted molar refractivity (Wildman–Crippen MR) is 89.3 cm³/mol. The molecule has 1 aromatic heterocycles. The fourth-order valence-corrected chi connectivity index (χ4v) is 3.56. The van der Waals surface area contributed by atoms with Gasteiger partial charge in [-0.3, -0.25) is 0 Å². The zero-order chi connectivity index (χ0) is 16.4. The average molecular weight is 331 g/mol. The molecule has 2 aromatic rings. The molecule has 5 nitrogen and oxygen atoms in total. The van der Waals surface area contributed by atoms with Crippen LogP contribution < -0.4 is 4.90 Å². The number of aryl methyl sites for hydroxylation is 1. The highest BCUT2D eigenvalue weighted by Crippen LogP contribution is 2.35. The van der Waals surface area contributed by atoms with Crippen LogP contribution >= 0.6 is 11.6 Å². The third kappa shape index (κ3) is 3.05. The van der Waals surface area contributed by atoms with Crippen molar-refractivity contribution < 1.29 is 5.11 Å². The fraction of sp³-hybridized carbons (Fsp3) is 0.412. The molecular weight excluding hydrogens is 312 g/mol. The van der Waals surface area contributed by atoms with E-state index in [4.69, 9.17) is 11.6 Å². The first-order chi connectivity index (χ1) is 11.1. The van der Waals surface area contributed by atoms with Crippen molar-refractivity contribution >= 4 is 17.3 Å². The van der Waals surface area contributed by atoms with Crippen LogP contribution in [0.25, 0.3) is 0 Å². The van der Waals surface area contributed by atoms with Crippen LogP contribution in [0.2, 0.25) is 5.02 Å². The molecule has 6 heteroatoms. The Morgan fingerprint density at radius 2 is 2.30 bits per heavy atom. The van der Waals surface area contributed by atoms with Gasteiger partial charge in [0.2, 0.25) is 0 Å². The lowest BCUT2D eigenvalue weighted by Gasteiger charge is -2.37. The molecule has 1 aliphatic heterocycles. The smallest absolute Gasteiger partial charge is 0.137 e. The van der Waals surface area contributed by atoms with E-state index in [1.807, 2.05) is 17.8 Å². The normalized spacial score (nSPS) is 19.4. The Bertz CT molecular complexity index is 736. The van der Waals surface area contributed by atoms with Gasteiger partial charge in [-0.25, -0.2) is 4.98 Å². The molecule has 0 amide bonds. The van der Waals surface area contributed by atoms with E-state index in [1.165, 1.54) is 0 Å². The third-order valence-corrected chi connectivity index (χ3v) is 4.76. The number of para-hydroxylation sites is 1. The first-order valence-corrected chi connectivity index (χ1v) is 8.08. The summed E-state index contributed by atoms with van der Waals surface area (Å²) in [6.07, 6.45) is 4.78. The zero-order valence-electron chi connectivity index (χ0n) is 13.0. The van der Waals surface area contributed by atoms with Gasteiger partial charge in [-0.1, -0.05) is 17.7 Å². The number of aliphatic hydroxyl groups excluding tert-OH is 1. The summed E-state index contributed by atoms with van der Waals surface area (Å²) in [6.45, 7) is 1.49. The Labute approximate surface area is 140 Å². The van der Waals surface area contributed by atoms with Gasteiger partial charge in [0.15, 0.2) is 0 Å². The van der Waals surface area contributed by atoms with Gasteiger partial charge in [0.05, 0.1) is 16.3 Å². The minimum absolute atomic E-state index is 0.0627. The predicted octanol–water partition coefficient (Wildman–Crippen LogP) is 2.90. The van der Waals surface area contributed by atoms with Crippen LogP contribution in [0, 0.1) is 17.2 Å². The first kappa shape index (κ1) is 15.9. The lowest BCUT2D eigenvalue weighted by molar-refractivity contribution is 0.0875. The number of anilines is 1. The summed E-state index contributed by atoms with van der Waals surface area (Å²) in [5.41, 5.74) is 1.35. The lowest BCUT2D eigenvalue weighted by Crippen LogP contribution is -2.39. The Hall–Kier alpha value is -2.03. The first-order valence-electron chi connectivity index (χ1n) is 7.70. The van der Waals surface area contributed by atoms with Crippen molar-refractivity contribution in [2.75, 3.05) is 18.0 Å². The maximum absolute atomic E-state index is 10.7. The zero-order valence-corrected chi connectivity index (χ0v) is 13.7. The molecular formula is C17H19ClN4O. The van der Waals surface area contributed by atoms with Crippen molar-refractivity contribution in [2.45, 2.75) is 18.9 Å². The molecule has 0 radical (unpaired) electrons. The molecule has 2 unspecified atom stereocenters. The summed E-state index contributed by atoms with van der Waals surface area (Å²) >= 11 is 6.32. The summed E-state index contributed by atoms with van der Waals surface area (Å²) in [7, 11) is 1.88. The van der Waals surface area contributed by atoms with E-state index in [0.717, 1.165) is 25.1 Å². The third-order valence-electron chi connectivity index (χ3n) is 4.45. The van der Waals surface area contributed by atoms with Crippen LogP contribution in [0.4, 0.5) is 5.69 Å². The van der Waals surface area contributed by atoms with Gasteiger partial charge in [-0.15, -0.1) is 0 Å². The van der Waals surface area contributed by atoms with Gasteiger partial charge in [0.1, 0.15) is 18.0 Å². The SMILES string of the molecule is Cn1ccnc1C(O)C1CCCN(c2c(Cl)cccc2C#N)C1. The number of aliphatic hydroxyl groups is 1. The fourth-order valence-electron chi connectivity index (χ4n) is 3.27. The second-order valence-electron chi connectivity index (χ2n) is 5.94. The molecule has 1 fully saturated rings. The minimum atomic E-state index is -0.620. The molecule has 2 heterocycles. The maximum Gasteiger partial charge on any atom is 0.137 e. The summed E-state index contributed by atoms with van der Waals surface area (Å²) in [5.74, 6) is 0.740. The largest absolute Gasteiger partial charge is 0.385 e. The number of rotatable bonds is 3. The summed E-state index contributed by atoms with van der Waals surface area (Å²) < 4.78 is 1.85. The van der Waals surface area contributed by atoms with Crippen molar-refractivity contribution in [1.82, 2.24) is 9.55 Å². The summed E-state index contributed by atoms with van der Waals surface area (Å²) in [5, 5.41) is 20.6. The number of aromatic nitrogens is 2. The molecule has 1 saturated heterocycles. The number of nitrogens with zero attached hydrogens (tertiary/aromatic N) is 4. The standard InChI is InChI=1S/C17H19ClN4O/c1-21-9-7-20-17(21)16(23)13-5-3-8-22(11-13)15-12(10-19)4-2-6-14(15)18/h2,4,6-7,9,13,16,23H,3,5,8,11H2,1H3. The lowest BCUT2D eigenvalue weighted by atomic mass is 9.91. The van der Waals surface area contributed by atoms with E-state index < -0.39 is 6.10 Å². The van der Waals surface area contributed by atoms with Crippen molar-refractivity contribution in [3.8, 4) is 6.07 Å².